The van der Waals surface area contributed by atoms with Gasteiger partial charge in [0.15, 0.2) is 0 Å². The van der Waals surface area contributed by atoms with Crippen molar-refractivity contribution in [2.24, 2.45) is 0 Å². The molecule has 1 heterocycles. The molecule has 0 saturated carbocycles. The first-order valence-corrected chi connectivity index (χ1v) is 6.03. The molecule has 102 valence electrons. The number of likely N-dealkylation sites (N-methyl/N-ethyl adjacent to an activating group) is 1. The fourth-order valence-corrected chi connectivity index (χ4v) is 2.06. The van der Waals surface area contributed by atoms with Crippen LogP contribution in [0.3, 0.4) is 0 Å². The molecule has 0 radical (unpaired) electrons. The molecule has 2 rings (SSSR count). The molecule has 1 saturated heterocycles. The molecule has 6 nitrogen and oxygen atoms in total. The second-order valence-electron chi connectivity index (χ2n) is 4.63. The number of aromatic hydroxyl groups is 2. The molecule has 2 N–H and O–H groups in total. The van der Waals surface area contributed by atoms with E-state index in [1.807, 2.05) is 0 Å². The van der Waals surface area contributed by atoms with E-state index in [1.54, 1.807) is 11.9 Å². The average molecular weight is 264 g/mol. The van der Waals surface area contributed by atoms with E-state index in [0.29, 0.717) is 19.5 Å². The molecule has 1 aliphatic heterocycles. The van der Waals surface area contributed by atoms with E-state index in [-0.39, 0.29) is 35.4 Å². The molecule has 0 spiro atoms. The Labute approximate surface area is 110 Å². The Morgan fingerprint density at radius 1 is 1.16 bits per heavy atom. The molecule has 19 heavy (non-hydrogen) atoms. The van der Waals surface area contributed by atoms with Crippen LogP contribution < -0.4 is 0 Å². The summed E-state index contributed by atoms with van der Waals surface area (Å²) >= 11 is 0. The van der Waals surface area contributed by atoms with Crippen molar-refractivity contribution in [1.29, 1.82) is 0 Å². The molecule has 6 heteroatoms. The fourth-order valence-electron chi connectivity index (χ4n) is 2.06. The van der Waals surface area contributed by atoms with E-state index < -0.39 is 0 Å². The van der Waals surface area contributed by atoms with Gasteiger partial charge in [-0.25, -0.2) is 0 Å². The van der Waals surface area contributed by atoms with Crippen LogP contribution in [0.5, 0.6) is 11.5 Å². The first kappa shape index (κ1) is 13.2. The average Bonchev–Trinajstić information content (AvgIpc) is 2.50. The van der Waals surface area contributed by atoms with Crippen molar-refractivity contribution in [2.45, 2.75) is 6.42 Å². The highest BCUT2D eigenvalue weighted by Gasteiger charge is 2.24. The minimum Gasteiger partial charge on any atom is -0.508 e. The van der Waals surface area contributed by atoms with Gasteiger partial charge in [-0.2, -0.15) is 0 Å². The van der Waals surface area contributed by atoms with Gasteiger partial charge in [-0.05, 0) is 18.6 Å². The fraction of sp³-hybridized carbons (Fsp3) is 0.385. The second kappa shape index (κ2) is 5.17. The van der Waals surface area contributed by atoms with Gasteiger partial charge >= 0.3 is 0 Å². The van der Waals surface area contributed by atoms with Crippen LogP contribution in [0, 0.1) is 0 Å². The zero-order chi connectivity index (χ0) is 14.0. The summed E-state index contributed by atoms with van der Waals surface area (Å²) in [4.78, 5) is 27.0. The second-order valence-corrected chi connectivity index (χ2v) is 4.63. The summed E-state index contributed by atoms with van der Waals surface area (Å²) < 4.78 is 0. The maximum Gasteiger partial charge on any atom is 0.254 e. The smallest absolute Gasteiger partial charge is 0.254 e. The van der Waals surface area contributed by atoms with Gasteiger partial charge in [0.2, 0.25) is 5.91 Å². The Bertz CT molecular complexity index is 495. The van der Waals surface area contributed by atoms with Crippen LogP contribution in [-0.4, -0.2) is 58.5 Å². The summed E-state index contributed by atoms with van der Waals surface area (Å²) in [7, 11) is 1.70. The van der Waals surface area contributed by atoms with E-state index in [1.165, 1.54) is 17.0 Å². The molecule has 0 aromatic heterocycles. The summed E-state index contributed by atoms with van der Waals surface area (Å²) in [6.45, 7) is 1.12. The third kappa shape index (κ3) is 2.96. The van der Waals surface area contributed by atoms with Crippen LogP contribution in [-0.2, 0) is 4.79 Å². The number of nitrogens with zero attached hydrogens (tertiary/aromatic N) is 2. The molecule has 1 aliphatic rings. The molecule has 1 aromatic rings. The van der Waals surface area contributed by atoms with Crippen molar-refractivity contribution >= 4 is 11.8 Å². The van der Waals surface area contributed by atoms with Gasteiger partial charge in [0.1, 0.15) is 18.0 Å². The van der Waals surface area contributed by atoms with Gasteiger partial charge in [0.05, 0.1) is 0 Å². The third-order valence-corrected chi connectivity index (χ3v) is 3.11. The normalized spacial score (nSPS) is 16.4. The molecule has 0 atom stereocenters. The van der Waals surface area contributed by atoms with Gasteiger partial charge in [-0.15, -0.1) is 0 Å². The van der Waals surface area contributed by atoms with E-state index >= 15 is 0 Å². The SMILES string of the molecule is CN1CCCN(C(=O)c2cc(O)cc(O)c2)CC1=O. The number of benzene rings is 1. The predicted octanol–water partition coefficient (Wildman–Crippen LogP) is 0.402. The van der Waals surface area contributed by atoms with Crippen molar-refractivity contribution in [3.05, 3.63) is 23.8 Å². The van der Waals surface area contributed by atoms with E-state index in [4.69, 9.17) is 0 Å². The van der Waals surface area contributed by atoms with Crippen molar-refractivity contribution in [2.75, 3.05) is 26.7 Å². The lowest BCUT2D eigenvalue weighted by Crippen LogP contribution is -2.38. The number of amides is 2. The van der Waals surface area contributed by atoms with Crippen molar-refractivity contribution < 1.29 is 19.8 Å². The van der Waals surface area contributed by atoms with Crippen LogP contribution >= 0.6 is 0 Å². The zero-order valence-corrected chi connectivity index (χ0v) is 10.7. The van der Waals surface area contributed by atoms with Crippen LogP contribution in [0.1, 0.15) is 16.8 Å². The van der Waals surface area contributed by atoms with E-state index in [0.717, 1.165) is 6.07 Å². The number of phenols is 2. The highest BCUT2D eigenvalue weighted by Crippen LogP contribution is 2.21. The van der Waals surface area contributed by atoms with E-state index in [2.05, 4.69) is 0 Å². The summed E-state index contributed by atoms with van der Waals surface area (Å²) in [5.74, 6) is -0.840. The topological polar surface area (TPSA) is 81.1 Å². The number of carbonyl (C=O) groups is 2. The lowest BCUT2D eigenvalue weighted by molar-refractivity contribution is -0.129. The monoisotopic (exact) mass is 264 g/mol. The minimum atomic E-state index is -0.366. The predicted molar refractivity (Wildman–Crippen MR) is 67.9 cm³/mol. The third-order valence-electron chi connectivity index (χ3n) is 3.11. The lowest BCUT2D eigenvalue weighted by atomic mass is 10.1. The summed E-state index contributed by atoms with van der Waals surface area (Å²) in [6, 6.07) is 3.71. The van der Waals surface area contributed by atoms with Crippen LogP contribution in [0.25, 0.3) is 0 Å². The van der Waals surface area contributed by atoms with Crippen LogP contribution in [0.15, 0.2) is 18.2 Å². The van der Waals surface area contributed by atoms with Crippen LogP contribution in [0.2, 0.25) is 0 Å². The number of carbonyl (C=O) groups excluding carboxylic acids is 2. The van der Waals surface area contributed by atoms with Gasteiger partial charge in [0, 0.05) is 31.8 Å². The maximum atomic E-state index is 12.2. The highest BCUT2D eigenvalue weighted by atomic mass is 16.3. The van der Waals surface area contributed by atoms with Gasteiger partial charge in [0.25, 0.3) is 5.91 Å². The van der Waals surface area contributed by atoms with E-state index in [9.17, 15) is 19.8 Å². The molecule has 1 aromatic carbocycles. The number of hydrogen-bond acceptors (Lipinski definition) is 4. The first-order chi connectivity index (χ1) is 8.97. The maximum absolute atomic E-state index is 12.2. The molecule has 0 bridgehead atoms. The van der Waals surface area contributed by atoms with Gasteiger partial charge in [-0.1, -0.05) is 0 Å². The van der Waals surface area contributed by atoms with Crippen LogP contribution in [0.4, 0.5) is 0 Å². The van der Waals surface area contributed by atoms with Crippen molar-refractivity contribution in [3.8, 4) is 11.5 Å². The molecule has 1 fully saturated rings. The Kier molecular flexibility index (Phi) is 3.59. The summed E-state index contributed by atoms with van der Waals surface area (Å²) in [5.41, 5.74) is 0.176. The van der Waals surface area contributed by atoms with Gasteiger partial charge in [-0.3, -0.25) is 9.59 Å². The minimum absolute atomic E-state index is 0.0196. The van der Waals surface area contributed by atoms with Crippen molar-refractivity contribution in [3.63, 3.8) is 0 Å². The Morgan fingerprint density at radius 2 is 1.79 bits per heavy atom. The Morgan fingerprint density at radius 3 is 2.42 bits per heavy atom. The molecule has 0 aliphatic carbocycles. The Hall–Kier alpha value is -2.24. The largest absolute Gasteiger partial charge is 0.508 e. The Balaban J connectivity index is 2.21. The van der Waals surface area contributed by atoms with Gasteiger partial charge < -0.3 is 20.0 Å². The number of rotatable bonds is 1. The summed E-state index contributed by atoms with van der Waals surface area (Å²) in [6.07, 6.45) is 0.707. The lowest BCUT2D eigenvalue weighted by Gasteiger charge is -2.20. The number of hydrogen-bond donors (Lipinski definition) is 2. The molecule has 2 amide bonds. The molecular weight excluding hydrogens is 248 g/mol. The number of phenolic OH excluding ortho intramolecular Hbond substituents is 2. The van der Waals surface area contributed by atoms with Crippen molar-refractivity contribution in [1.82, 2.24) is 9.80 Å². The highest BCUT2D eigenvalue weighted by molar-refractivity contribution is 5.97. The zero-order valence-electron chi connectivity index (χ0n) is 10.7. The summed E-state index contributed by atoms with van der Waals surface area (Å²) in [5, 5.41) is 18.8. The molecule has 0 unspecified atom stereocenters. The molecular formula is C13H16N2O4. The quantitative estimate of drug-likeness (QED) is 0.769. The standard InChI is InChI=1S/C13H16N2O4/c1-14-3-2-4-15(8-12(14)18)13(19)9-5-10(16)7-11(17)6-9/h5-7,16-17H,2-4,8H2,1H3. The first-order valence-electron chi connectivity index (χ1n) is 6.03.